The van der Waals surface area contributed by atoms with Crippen LogP contribution in [0.1, 0.15) is 15.9 Å². The Balaban J connectivity index is 1.63. The molecule has 2 N–H and O–H groups in total. The van der Waals surface area contributed by atoms with Gasteiger partial charge in [0.15, 0.2) is 0 Å². The lowest BCUT2D eigenvalue weighted by molar-refractivity contribution is 0.0950. The molecule has 0 saturated carbocycles. The Morgan fingerprint density at radius 3 is 2.56 bits per heavy atom. The fourth-order valence-corrected chi connectivity index (χ4v) is 2.19. The molecule has 0 fully saturated rings. The zero-order chi connectivity index (χ0) is 17.6. The molecule has 0 unspecified atom stereocenters. The van der Waals surface area contributed by atoms with E-state index in [-0.39, 0.29) is 17.3 Å². The third-order valence-electron chi connectivity index (χ3n) is 3.45. The van der Waals surface area contributed by atoms with Crippen LogP contribution in [0.3, 0.4) is 0 Å². The molecule has 0 aliphatic carbocycles. The minimum absolute atomic E-state index is 0.262. The lowest BCUT2D eigenvalue weighted by atomic mass is 10.2. The van der Waals surface area contributed by atoms with Crippen LogP contribution in [0.2, 0.25) is 0 Å². The number of pyridine rings is 1. The summed E-state index contributed by atoms with van der Waals surface area (Å²) in [7, 11) is 0. The predicted molar refractivity (Wildman–Crippen MR) is 91.1 cm³/mol. The normalized spacial score (nSPS) is 10.3. The first kappa shape index (κ1) is 16.4. The average molecular weight is 338 g/mol. The molecule has 3 aromatic rings. The molecular weight excluding hydrogens is 323 g/mol. The first-order valence-corrected chi connectivity index (χ1v) is 7.59. The maximum absolute atomic E-state index is 12.9. The van der Waals surface area contributed by atoms with Gasteiger partial charge >= 0.3 is 0 Å². The number of aromatic nitrogens is 1. The summed E-state index contributed by atoms with van der Waals surface area (Å²) in [6.07, 6.45) is 1.37. The summed E-state index contributed by atoms with van der Waals surface area (Å²) in [6.45, 7) is 0.304. The highest BCUT2D eigenvalue weighted by atomic mass is 19.1. The lowest BCUT2D eigenvalue weighted by Crippen LogP contribution is -2.23. The Kier molecular flexibility index (Phi) is 4.89. The van der Waals surface area contributed by atoms with Gasteiger partial charge in [0.1, 0.15) is 17.3 Å². The van der Waals surface area contributed by atoms with E-state index in [0.717, 1.165) is 5.56 Å². The van der Waals surface area contributed by atoms with Gasteiger partial charge in [-0.05, 0) is 48.0 Å². The van der Waals surface area contributed by atoms with Crippen molar-refractivity contribution in [1.29, 1.82) is 0 Å². The highest BCUT2D eigenvalue weighted by Gasteiger charge is 2.06. The number of rotatable bonds is 5. The van der Waals surface area contributed by atoms with Gasteiger partial charge in [0.2, 0.25) is 5.56 Å². The summed E-state index contributed by atoms with van der Waals surface area (Å²) < 4.78 is 18.6. The predicted octanol–water partition coefficient (Wildman–Crippen LogP) is 3.24. The van der Waals surface area contributed by atoms with Gasteiger partial charge in [-0.25, -0.2) is 4.39 Å². The van der Waals surface area contributed by atoms with E-state index in [9.17, 15) is 14.0 Å². The van der Waals surface area contributed by atoms with E-state index in [4.69, 9.17) is 4.74 Å². The van der Waals surface area contributed by atoms with Crippen LogP contribution in [0.15, 0.2) is 71.7 Å². The number of nitrogens with one attached hydrogen (secondary N) is 2. The van der Waals surface area contributed by atoms with Crippen LogP contribution in [0.4, 0.5) is 4.39 Å². The molecule has 0 saturated heterocycles. The molecule has 1 amide bonds. The Hall–Kier alpha value is -3.41. The second-order valence-electron chi connectivity index (χ2n) is 5.33. The molecule has 1 heterocycles. The van der Waals surface area contributed by atoms with Gasteiger partial charge in [-0.3, -0.25) is 9.59 Å². The SMILES string of the molecule is O=C(NCc1cccc(Oc2ccc(F)cc2)c1)c1ccc(=O)[nH]c1. The summed E-state index contributed by atoms with van der Waals surface area (Å²) in [5.74, 6) is 0.491. The number of benzene rings is 2. The van der Waals surface area contributed by atoms with Crippen molar-refractivity contribution in [3.05, 3.63) is 94.2 Å². The van der Waals surface area contributed by atoms with Gasteiger partial charge in [0, 0.05) is 18.8 Å². The smallest absolute Gasteiger partial charge is 0.253 e. The average Bonchev–Trinajstić information content (AvgIpc) is 2.63. The zero-order valence-corrected chi connectivity index (χ0v) is 13.2. The molecular formula is C19H15FN2O3. The van der Waals surface area contributed by atoms with Crippen molar-refractivity contribution in [2.24, 2.45) is 0 Å². The minimum Gasteiger partial charge on any atom is -0.457 e. The van der Waals surface area contributed by atoms with Crippen LogP contribution in [-0.4, -0.2) is 10.9 Å². The number of aromatic amines is 1. The summed E-state index contributed by atoms with van der Waals surface area (Å²) >= 11 is 0. The van der Waals surface area contributed by atoms with E-state index in [0.29, 0.717) is 23.6 Å². The first-order chi connectivity index (χ1) is 12.1. The monoisotopic (exact) mass is 338 g/mol. The topological polar surface area (TPSA) is 71.2 Å². The number of carbonyl (C=O) groups excluding carboxylic acids is 1. The van der Waals surface area contributed by atoms with Crippen molar-refractivity contribution >= 4 is 5.91 Å². The number of halogens is 1. The van der Waals surface area contributed by atoms with Gasteiger partial charge < -0.3 is 15.0 Å². The highest BCUT2D eigenvalue weighted by molar-refractivity contribution is 5.93. The first-order valence-electron chi connectivity index (χ1n) is 7.59. The molecule has 5 nitrogen and oxygen atoms in total. The maximum atomic E-state index is 12.9. The van der Waals surface area contributed by atoms with Gasteiger partial charge in [-0.15, -0.1) is 0 Å². The van der Waals surface area contributed by atoms with Crippen molar-refractivity contribution in [2.45, 2.75) is 6.54 Å². The molecule has 0 atom stereocenters. The molecule has 3 rings (SSSR count). The van der Waals surface area contributed by atoms with Crippen LogP contribution in [0, 0.1) is 5.82 Å². The molecule has 25 heavy (non-hydrogen) atoms. The largest absolute Gasteiger partial charge is 0.457 e. The molecule has 2 aromatic carbocycles. The quantitative estimate of drug-likeness (QED) is 0.750. The van der Waals surface area contributed by atoms with Crippen molar-refractivity contribution in [3.8, 4) is 11.5 Å². The third-order valence-corrected chi connectivity index (χ3v) is 3.45. The molecule has 0 spiro atoms. The summed E-state index contributed by atoms with van der Waals surface area (Å²) in [5.41, 5.74) is 0.956. The van der Waals surface area contributed by atoms with E-state index in [1.807, 2.05) is 6.07 Å². The standard InChI is InChI=1S/C19H15FN2O3/c20-15-5-7-16(8-6-15)25-17-3-1-2-13(10-17)11-22-19(24)14-4-9-18(23)21-12-14/h1-10,12H,11H2,(H,21,23)(H,22,24). The van der Waals surface area contributed by atoms with E-state index < -0.39 is 0 Å². The summed E-state index contributed by atoms with van der Waals surface area (Å²) in [5, 5.41) is 2.77. The Morgan fingerprint density at radius 1 is 1.04 bits per heavy atom. The van der Waals surface area contributed by atoms with Gasteiger partial charge in [-0.2, -0.15) is 0 Å². The van der Waals surface area contributed by atoms with Gasteiger partial charge in [-0.1, -0.05) is 12.1 Å². The zero-order valence-electron chi connectivity index (χ0n) is 13.2. The number of ether oxygens (including phenoxy) is 1. The third kappa shape index (κ3) is 4.54. The highest BCUT2D eigenvalue weighted by Crippen LogP contribution is 2.22. The molecule has 0 aliphatic heterocycles. The van der Waals surface area contributed by atoms with Crippen molar-refractivity contribution < 1.29 is 13.9 Å². The molecule has 1 aromatic heterocycles. The number of amides is 1. The summed E-state index contributed by atoms with van der Waals surface area (Å²) in [6, 6.07) is 15.7. The lowest BCUT2D eigenvalue weighted by Gasteiger charge is -2.09. The number of hydrogen-bond acceptors (Lipinski definition) is 3. The molecule has 126 valence electrons. The number of carbonyl (C=O) groups is 1. The van der Waals surface area contributed by atoms with E-state index in [1.54, 1.807) is 30.3 Å². The second-order valence-corrected chi connectivity index (χ2v) is 5.33. The van der Waals surface area contributed by atoms with Gasteiger partial charge in [0.05, 0.1) is 5.56 Å². The van der Waals surface area contributed by atoms with Gasteiger partial charge in [0.25, 0.3) is 5.91 Å². The Labute approximate surface area is 143 Å². The number of hydrogen-bond donors (Lipinski definition) is 2. The summed E-state index contributed by atoms with van der Waals surface area (Å²) in [4.78, 5) is 25.5. The fraction of sp³-hybridized carbons (Fsp3) is 0.0526. The van der Waals surface area contributed by atoms with Crippen molar-refractivity contribution in [2.75, 3.05) is 0 Å². The second kappa shape index (κ2) is 7.44. The van der Waals surface area contributed by atoms with Crippen LogP contribution in [0.25, 0.3) is 0 Å². The Bertz CT molecular complexity index is 915. The fourth-order valence-electron chi connectivity index (χ4n) is 2.19. The number of H-pyrrole nitrogens is 1. The maximum Gasteiger partial charge on any atom is 0.253 e. The van der Waals surface area contributed by atoms with Crippen molar-refractivity contribution in [3.63, 3.8) is 0 Å². The molecule has 0 radical (unpaired) electrons. The van der Waals surface area contributed by atoms with Crippen LogP contribution in [-0.2, 0) is 6.54 Å². The van der Waals surface area contributed by atoms with Crippen LogP contribution >= 0.6 is 0 Å². The molecule has 0 aliphatic rings. The van der Waals surface area contributed by atoms with Crippen LogP contribution in [0.5, 0.6) is 11.5 Å². The minimum atomic E-state index is -0.328. The molecule has 0 bridgehead atoms. The van der Waals surface area contributed by atoms with Crippen LogP contribution < -0.4 is 15.6 Å². The van der Waals surface area contributed by atoms with E-state index >= 15 is 0 Å². The van der Waals surface area contributed by atoms with E-state index in [1.165, 1.54) is 30.5 Å². The Morgan fingerprint density at radius 2 is 1.84 bits per heavy atom. The molecule has 6 heteroatoms. The van der Waals surface area contributed by atoms with E-state index in [2.05, 4.69) is 10.3 Å². The van der Waals surface area contributed by atoms with Crippen molar-refractivity contribution in [1.82, 2.24) is 10.3 Å².